The van der Waals surface area contributed by atoms with Crippen LogP contribution in [0.15, 0.2) is 59.5 Å². The summed E-state index contributed by atoms with van der Waals surface area (Å²) in [5.74, 6) is 0.666. The SMILES string of the molecule is CC(=O)N(C)Oc1cc2cc(Nc3cc(N4CCC(CN5CCN(c6cccc7c(C8CCC(=O)NC8=O)nn(C)c67)CC5)CC4)nc4c(C#N)cnn34)ccc2n(C)c1=O. The molecule has 18 nitrogen and oxygen atoms in total. The number of anilines is 4. The van der Waals surface area contributed by atoms with Crippen molar-refractivity contribution in [2.45, 2.75) is 38.5 Å². The molecule has 61 heavy (non-hydrogen) atoms. The summed E-state index contributed by atoms with van der Waals surface area (Å²) in [5.41, 5.74) is 4.73. The van der Waals surface area contributed by atoms with Crippen LogP contribution in [0.5, 0.6) is 5.75 Å². The molecule has 3 fully saturated rings. The third-order valence-electron chi connectivity index (χ3n) is 12.3. The number of nitrogens with zero attached hydrogens (tertiary/aromatic N) is 11. The maximum Gasteiger partial charge on any atom is 0.296 e. The zero-order chi connectivity index (χ0) is 42.5. The standard InChI is InChI=1S/C43H47N13O5/c1-26(57)52(4)61-35-21-28-20-30(8-10-33(28)50(2)43(35)60)46-37-22-36(47-41-29(23-44)24-45-56(37)41)55-14-12-27(13-15-55)25-53-16-18-54(19-17-53)34-7-5-6-31-39(49-51(3)40(31)34)32-9-11-38(58)48-42(32)59/h5-8,10,20-22,24,27,32,46H,9,11-19,25H2,1-4H3,(H,48,58,59). The Labute approximate surface area is 350 Å². The normalized spacial score (nSPS) is 17.9. The Bertz CT molecular complexity index is 2820. The van der Waals surface area contributed by atoms with Crippen LogP contribution in [0.2, 0.25) is 0 Å². The molecule has 1 atom stereocenters. The maximum atomic E-state index is 13.0. The van der Waals surface area contributed by atoms with Crippen molar-refractivity contribution in [1.29, 1.82) is 5.26 Å². The molecular formula is C43H47N13O5. The lowest BCUT2D eigenvalue weighted by molar-refractivity contribution is -0.150. The van der Waals surface area contributed by atoms with Crippen molar-refractivity contribution in [3.8, 4) is 11.8 Å². The molecule has 314 valence electrons. The van der Waals surface area contributed by atoms with Crippen LogP contribution in [-0.4, -0.2) is 109 Å². The van der Waals surface area contributed by atoms with Crippen molar-refractivity contribution >= 4 is 68.2 Å². The van der Waals surface area contributed by atoms with Gasteiger partial charge in [-0.25, -0.2) is 4.98 Å². The Balaban J connectivity index is 0.861. The van der Waals surface area contributed by atoms with E-state index in [4.69, 9.17) is 14.9 Å². The number of hydrogen-bond acceptors (Lipinski definition) is 13. The van der Waals surface area contributed by atoms with Crippen LogP contribution in [0.4, 0.5) is 23.0 Å². The highest BCUT2D eigenvalue weighted by atomic mass is 16.7. The van der Waals surface area contributed by atoms with Gasteiger partial charge < -0.3 is 24.5 Å². The number of carbonyl (C=O) groups excluding carboxylic acids is 3. The molecule has 3 aliphatic heterocycles. The summed E-state index contributed by atoms with van der Waals surface area (Å²) in [7, 11) is 5.04. The molecule has 3 saturated heterocycles. The van der Waals surface area contributed by atoms with E-state index >= 15 is 0 Å². The number of aromatic nitrogens is 6. The van der Waals surface area contributed by atoms with E-state index in [0.29, 0.717) is 41.3 Å². The second-order valence-electron chi connectivity index (χ2n) is 16.2. The lowest BCUT2D eigenvalue weighted by atomic mass is 9.92. The minimum Gasteiger partial charge on any atom is -0.371 e. The first-order chi connectivity index (χ1) is 29.4. The van der Waals surface area contributed by atoms with E-state index in [-0.39, 0.29) is 29.0 Å². The molecule has 0 aliphatic carbocycles. The molecule has 7 heterocycles. The third kappa shape index (κ3) is 7.45. The number of para-hydroxylation sites is 1. The van der Waals surface area contributed by atoms with Gasteiger partial charge in [0.2, 0.25) is 17.6 Å². The van der Waals surface area contributed by atoms with E-state index in [2.05, 4.69) is 42.6 Å². The van der Waals surface area contributed by atoms with Crippen molar-refractivity contribution in [3.05, 3.63) is 76.3 Å². The van der Waals surface area contributed by atoms with Gasteiger partial charge in [-0.05, 0) is 55.5 Å². The topological polar surface area (TPSA) is 191 Å². The number of piperidine rings is 2. The van der Waals surface area contributed by atoms with Crippen LogP contribution < -0.4 is 30.8 Å². The van der Waals surface area contributed by atoms with Gasteiger partial charge in [-0.15, -0.1) is 0 Å². The second-order valence-corrected chi connectivity index (χ2v) is 16.2. The summed E-state index contributed by atoms with van der Waals surface area (Å²) in [6, 6.07) is 17.6. The number of imide groups is 1. The van der Waals surface area contributed by atoms with Crippen LogP contribution >= 0.6 is 0 Å². The summed E-state index contributed by atoms with van der Waals surface area (Å²) < 4.78 is 4.98. The molecule has 0 saturated carbocycles. The number of nitrogens with one attached hydrogen (secondary N) is 2. The number of fused-ring (bicyclic) bond motifs is 3. The van der Waals surface area contributed by atoms with Crippen LogP contribution in [0.1, 0.15) is 49.8 Å². The Morgan fingerprint density at radius 2 is 1.79 bits per heavy atom. The summed E-state index contributed by atoms with van der Waals surface area (Å²) >= 11 is 0. The molecule has 1 unspecified atom stereocenters. The van der Waals surface area contributed by atoms with Gasteiger partial charge in [0, 0.05) is 103 Å². The van der Waals surface area contributed by atoms with Gasteiger partial charge in [0.25, 0.3) is 11.5 Å². The summed E-state index contributed by atoms with van der Waals surface area (Å²) in [6.45, 7) is 7.65. The summed E-state index contributed by atoms with van der Waals surface area (Å²) in [6.07, 6.45) is 4.31. The number of amides is 3. The number of aryl methyl sites for hydroxylation is 2. The first-order valence-electron chi connectivity index (χ1n) is 20.6. The van der Waals surface area contributed by atoms with Crippen molar-refractivity contribution in [3.63, 3.8) is 0 Å². The number of benzene rings is 2. The van der Waals surface area contributed by atoms with Crippen LogP contribution in [0, 0.1) is 17.2 Å². The Hall–Kier alpha value is -7.00. The number of hydroxylamine groups is 2. The van der Waals surface area contributed by atoms with E-state index < -0.39 is 5.92 Å². The minimum atomic E-state index is -0.437. The molecule has 3 aliphatic rings. The predicted molar refractivity (Wildman–Crippen MR) is 229 cm³/mol. The van der Waals surface area contributed by atoms with E-state index in [1.54, 1.807) is 17.6 Å². The van der Waals surface area contributed by atoms with Gasteiger partial charge in [0.15, 0.2) is 5.65 Å². The molecule has 9 rings (SSSR count). The highest BCUT2D eigenvalue weighted by Crippen LogP contribution is 2.36. The first-order valence-corrected chi connectivity index (χ1v) is 20.6. The number of nitriles is 1. The summed E-state index contributed by atoms with van der Waals surface area (Å²) in [5, 5.41) is 27.8. The van der Waals surface area contributed by atoms with Crippen LogP contribution in [0.3, 0.4) is 0 Å². The van der Waals surface area contributed by atoms with Gasteiger partial charge in [-0.1, -0.05) is 12.1 Å². The van der Waals surface area contributed by atoms with Crippen molar-refractivity contribution in [2.75, 3.05) is 68.0 Å². The Kier molecular flexibility index (Phi) is 10.3. The smallest absolute Gasteiger partial charge is 0.296 e. The van der Waals surface area contributed by atoms with Crippen molar-refractivity contribution in [2.24, 2.45) is 20.0 Å². The fourth-order valence-corrected chi connectivity index (χ4v) is 8.93. The molecule has 0 radical (unpaired) electrons. The van der Waals surface area contributed by atoms with Crippen LogP contribution in [-0.2, 0) is 28.5 Å². The minimum absolute atomic E-state index is 0.0249. The summed E-state index contributed by atoms with van der Waals surface area (Å²) in [4.78, 5) is 67.0. The number of piperazine rings is 1. The average molecular weight is 826 g/mol. The molecule has 3 amide bonds. The average Bonchev–Trinajstić information content (AvgIpc) is 3.83. The number of rotatable bonds is 9. The molecule has 0 spiro atoms. The number of pyridine rings is 1. The van der Waals surface area contributed by atoms with Crippen molar-refractivity contribution < 1.29 is 19.2 Å². The molecule has 0 bridgehead atoms. The monoisotopic (exact) mass is 825 g/mol. The zero-order valence-corrected chi connectivity index (χ0v) is 34.6. The van der Waals surface area contributed by atoms with E-state index in [0.717, 1.165) is 103 Å². The lowest BCUT2D eigenvalue weighted by Crippen LogP contribution is -2.49. The van der Waals surface area contributed by atoms with Gasteiger partial charge >= 0.3 is 0 Å². The van der Waals surface area contributed by atoms with Gasteiger partial charge in [-0.2, -0.15) is 25.0 Å². The quantitative estimate of drug-likeness (QED) is 0.160. The van der Waals surface area contributed by atoms with Crippen LogP contribution in [0.25, 0.3) is 27.5 Å². The van der Waals surface area contributed by atoms with E-state index in [1.165, 1.54) is 24.7 Å². The third-order valence-corrected chi connectivity index (χ3v) is 12.3. The Morgan fingerprint density at radius 1 is 1.00 bits per heavy atom. The zero-order valence-electron chi connectivity index (χ0n) is 34.6. The fourth-order valence-electron chi connectivity index (χ4n) is 8.93. The molecule has 6 aromatic rings. The predicted octanol–water partition coefficient (Wildman–Crippen LogP) is 3.41. The fraction of sp³-hybridized carbons (Fsp3) is 0.395. The van der Waals surface area contributed by atoms with Gasteiger partial charge in [-0.3, -0.25) is 34.1 Å². The molecule has 2 N–H and O–H groups in total. The first kappa shape index (κ1) is 39.5. The molecule has 4 aromatic heterocycles. The Morgan fingerprint density at radius 3 is 2.52 bits per heavy atom. The largest absolute Gasteiger partial charge is 0.371 e. The number of hydrogen-bond donors (Lipinski definition) is 2. The lowest BCUT2D eigenvalue weighted by Gasteiger charge is -2.40. The van der Waals surface area contributed by atoms with E-state index in [9.17, 15) is 24.4 Å². The van der Waals surface area contributed by atoms with Gasteiger partial charge in [0.1, 0.15) is 23.3 Å². The van der Waals surface area contributed by atoms with Gasteiger partial charge in [0.05, 0.1) is 34.5 Å². The van der Waals surface area contributed by atoms with E-state index in [1.807, 2.05) is 48.1 Å². The highest BCUT2D eigenvalue weighted by molar-refractivity contribution is 6.03. The molecule has 18 heteroatoms. The number of carbonyl (C=O) groups is 3. The second kappa shape index (κ2) is 15.9. The molecular weight excluding hydrogens is 779 g/mol. The highest BCUT2D eigenvalue weighted by Gasteiger charge is 2.33. The maximum absolute atomic E-state index is 13.0. The molecule has 2 aromatic carbocycles. The van der Waals surface area contributed by atoms with Crippen molar-refractivity contribution in [1.82, 2.24) is 44.2 Å².